The summed E-state index contributed by atoms with van der Waals surface area (Å²) in [5, 5.41) is 2.19. The van der Waals surface area contributed by atoms with Crippen molar-refractivity contribution in [2.45, 2.75) is 25.4 Å². The Labute approximate surface area is 127 Å². The van der Waals surface area contributed by atoms with E-state index in [1.165, 1.54) is 11.3 Å². The fraction of sp³-hybridized carbons (Fsp3) is 0.308. The summed E-state index contributed by atoms with van der Waals surface area (Å²) in [5.74, 6) is 0. The molecule has 1 aromatic heterocycles. The van der Waals surface area contributed by atoms with E-state index in [4.69, 9.17) is 5.73 Å². The van der Waals surface area contributed by atoms with Crippen LogP contribution in [0.25, 0.3) is 11.3 Å². The van der Waals surface area contributed by atoms with Crippen LogP contribution in [0, 0.1) is 0 Å². The monoisotopic (exact) mass is 324 g/mol. The van der Waals surface area contributed by atoms with Gasteiger partial charge >= 0.3 is 10.2 Å². The lowest BCUT2D eigenvalue weighted by atomic mass is 10.1. The number of benzene rings is 1. The highest BCUT2D eigenvalue weighted by molar-refractivity contribution is 7.91. The van der Waals surface area contributed by atoms with E-state index in [9.17, 15) is 8.42 Å². The lowest BCUT2D eigenvalue weighted by Crippen LogP contribution is -2.31. The van der Waals surface area contributed by atoms with E-state index in [2.05, 4.69) is 14.4 Å². The average molecular weight is 324 g/mol. The number of hydrogen-bond acceptors (Lipinski definition) is 5. The number of aromatic nitrogens is 1. The number of nitrogens with two attached hydrogens (primary N) is 1. The molecule has 0 radical (unpaired) electrons. The third kappa shape index (κ3) is 3.79. The Morgan fingerprint density at radius 3 is 2.62 bits per heavy atom. The molecule has 0 saturated heterocycles. The van der Waals surface area contributed by atoms with E-state index >= 15 is 0 Å². The highest BCUT2D eigenvalue weighted by atomic mass is 32.2. The molecule has 1 fully saturated rings. The zero-order chi connectivity index (χ0) is 14.9. The van der Waals surface area contributed by atoms with Crippen molar-refractivity contribution in [2.75, 3.05) is 4.72 Å². The molecule has 21 heavy (non-hydrogen) atoms. The fourth-order valence-corrected chi connectivity index (χ4v) is 3.92. The Morgan fingerprint density at radius 2 is 2.00 bits per heavy atom. The normalized spacial score (nSPS) is 15.1. The van der Waals surface area contributed by atoms with Crippen molar-refractivity contribution in [1.29, 1.82) is 0 Å². The molecular weight excluding hydrogens is 308 g/mol. The molecule has 0 atom stereocenters. The molecule has 0 amide bonds. The third-order valence-corrected chi connectivity index (χ3v) is 5.10. The Hall–Kier alpha value is -1.48. The van der Waals surface area contributed by atoms with E-state index in [-0.39, 0.29) is 6.04 Å². The molecule has 0 unspecified atom stereocenters. The number of anilines is 1. The zero-order valence-corrected chi connectivity index (χ0v) is 12.9. The lowest BCUT2D eigenvalue weighted by Gasteiger charge is -2.05. The third-order valence-electron chi connectivity index (χ3n) is 3.11. The summed E-state index contributed by atoms with van der Waals surface area (Å²) < 4.78 is 28.6. The molecule has 1 aromatic carbocycles. The van der Waals surface area contributed by atoms with Gasteiger partial charge in [0.1, 0.15) is 0 Å². The van der Waals surface area contributed by atoms with Crippen molar-refractivity contribution in [3.05, 3.63) is 35.2 Å². The van der Waals surface area contributed by atoms with E-state index in [0.717, 1.165) is 29.7 Å². The van der Waals surface area contributed by atoms with E-state index in [0.29, 0.717) is 11.7 Å². The topological polar surface area (TPSA) is 97.1 Å². The predicted molar refractivity (Wildman–Crippen MR) is 84.1 cm³/mol. The summed E-state index contributed by atoms with van der Waals surface area (Å²) in [7, 11) is -3.52. The van der Waals surface area contributed by atoms with Crippen LogP contribution in [0.4, 0.5) is 5.13 Å². The van der Waals surface area contributed by atoms with Crippen LogP contribution in [-0.4, -0.2) is 19.4 Å². The van der Waals surface area contributed by atoms with Crippen molar-refractivity contribution in [3.8, 4) is 11.3 Å². The van der Waals surface area contributed by atoms with Gasteiger partial charge < -0.3 is 5.73 Å². The molecule has 8 heteroatoms. The van der Waals surface area contributed by atoms with Gasteiger partial charge in [-0.25, -0.2) is 9.71 Å². The molecule has 3 rings (SSSR count). The number of nitrogens with one attached hydrogen (secondary N) is 2. The van der Waals surface area contributed by atoms with Gasteiger partial charge in [-0.2, -0.15) is 13.1 Å². The minimum absolute atomic E-state index is 0.0748. The number of thiazole rings is 1. The highest BCUT2D eigenvalue weighted by Gasteiger charge is 2.27. The van der Waals surface area contributed by atoms with Crippen LogP contribution in [0.5, 0.6) is 0 Å². The van der Waals surface area contributed by atoms with Gasteiger partial charge in [0.05, 0.1) is 5.69 Å². The Kier molecular flexibility index (Phi) is 3.94. The van der Waals surface area contributed by atoms with Crippen LogP contribution in [0.3, 0.4) is 0 Å². The second-order valence-electron chi connectivity index (χ2n) is 4.94. The number of hydrogen-bond donors (Lipinski definition) is 3. The smallest absolute Gasteiger partial charge is 0.301 e. The molecule has 0 bridgehead atoms. The summed E-state index contributed by atoms with van der Waals surface area (Å²) in [6.45, 7) is 0.495. The maximum Gasteiger partial charge on any atom is 0.301 e. The van der Waals surface area contributed by atoms with Crippen molar-refractivity contribution < 1.29 is 8.42 Å². The van der Waals surface area contributed by atoms with Crippen LogP contribution in [0.2, 0.25) is 0 Å². The first-order valence-electron chi connectivity index (χ1n) is 6.61. The Balaban J connectivity index is 1.73. The van der Waals surface area contributed by atoms with Crippen LogP contribution in [0.15, 0.2) is 29.6 Å². The highest BCUT2D eigenvalue weighted by Crippen LogP contribution is 2.26. The Morgan fingerprint density at radius 1 is 1.29 bits per heavy atom. The molecule has 0 aliphatic heterocycles. The van der Waals surface area contributed by atoms with Crippen LogP contribution in [0.1, 0.15) is 18.4 Å². The maximum absolute atomic E-state index is 11.8. The molecule has 2 aromatic rings. The van der Waals surface area contributed by atoms with Gasteiger partial charge in [0.25, 0.3) is 0 Å². The molecule has 1 saturated carbocycles. The molecule has 1 aliphatic rings. The second-order valence-corrected chi connectivity index (χ2v) is 7.24. The van der Waals surface area contributed by atoms with Gasteiger partial charge in [0, 0.05) is 23.5 Å². The first kappa shape index (κ1) is 14.5. The maximum atomic E-state index is 11.8. The molecule has 112 valence electrons. The van der Waals surface area contributed by atoms with Crippen LogP contribution in [-0.2, 0) is 16.8 Å². The van der Waals surface area contributed by atoms with Gasteiger partial charge in [-0.1, -0.05) is 24.3 Å². The summed E-state index contributed by atoms with van der Waals surface area (Å²) >= 11 is 1.26. The van der Waals surface area contributed by atoms with Gasteiger partial charge in [-0.3, -0.25) is 0 Å². The predicted octanol–water partition coefficient (Wildman–Crippen LogP) is 1.68. The molecule has 1 aliphatic carbocycles. The van der Waals surface area contributed by atoms with E-state index in [1.807, 2.05) is 29.6 Å². The molecule has 6 nitrogen and oxygen atoms in total. The van der Waals surface area contributed by atoms with Crippen molar-refractivity contribution >= 4 is 26.7 Å². The quantitative estimate of drug-likeness (QED) is 0.753. The van der Waals surface area contributed by atoms with Crippen molar-refractivity contribution in [2.24, 2.45) is 5.73 Å². The van der Waals surface area contributed by atoms with Crippen LogP contribution >= 0.6 is 11.3 Å². The van der Waals surface area contributed by atoms with Crippen molar-refractivity contribution in [1.82, 2.24) is 9.71 Å². The number of nitrogens with zero attached hydrogens (tertiary/aromatic N) is 1. The van der Waals surface area contributed by atoms with Gasteiger partial charge in [-0.15, -0.1) is 11.3 Å². The van der Waals surface area contributed by atoms with Gasteiger partial charge in [0.15, 0.2) is 5.13 Å². The lowest BCUT2D eigenvalue weighted by molar-refractivity contribution is 0.586. The van der Waals surface area contributed by atoms with Crippen molar-refractivity contribution in [3.63, 3.8) is 0 Å². The summed E-state index contributed by atoms with van der Waals surface area (Å²) in [4.78, 5) is 4.31. The first-order valence-corrected chi connectivity index (χ1v) is 8.97. The molecular formula is C13H16N4O2S2. The van der Waals surface area contributed by atoms with Crippen LogP contribution < -0.4 is 15.2 Å². The van der Waals surface area contributed by atoms with Gasteiger partial charge in [-0.05, 0) is 18.4 Å². The summed E-state index contributed by atoms with van der Waals surface area (Å²) in [6, 6.07) is 7.81. The number of rotatable bonds is 6. The van der Waals surface area contributed by atoms with E-state index in [1.54, 1.807) is 0 Å². The first-order chi connectivity index (χ1) is 10.1. The molecule has 0 spiro atoms. The van der Waals surface area contributed by atoms with E-state index < -0.39 is 10.2 Å². The summed E-state index contributed by atoms with van der Waals surface area (Å²) in [5.41, 5.74) is 8.28. The minimum atomic E-state index is -3.52. The molecule has 4 N–H and O–H groups in total. The summed E-state index contributed by atoms with van der Waals surface area (Å²) in [6.07, 6.45) is 1.80. The average Bonchev–Trinajstić information content (AvgIpc) is 3.14. The largest absolute Gasteiger partial charge is 0.326 e. The fourth-order valence-electron chi connectivity index (χ4n) is 1.83. The second kappa shape index (κ2) is 5.72. The standard InChI is InChI=1S/C13H16N4O2S2/c14-7-9-1-3-10(4-2-9)12-8-20-13(15-12)17-21(18,19)16-11-5-6-11/h1-4,8,11,16H,5-7,14H2,(H,15,17). The Bertz CT molecular complexity index is 721. The SMILES string of the molecule is NCc1ccc(-c2csc(NS(=O)(=O)NC3CC3)n2)cc1. The zero-order valence-electron chi connectivity index (χ0n) is 11.2. The van der Waals surface area contributed by atoms with Gasteiger partial charge in [0.2, 0.25) is 0 Å². The minimum Gasteiger partial charge on any atom is -0.326 e. The molecule has 1 heterocycles.